The Bertz CT molecular complexity index is 409. The molecule has 1 unspecified atom stereocenters. The smallest absolute Gasteiger partial charge is 0.227 e. The van der Waals surface area contributed by atoms with Gasteiger partial charge in [-0.15, -0.1) is 0 Å². The third-order valence-corrected chi connectivity index (χ3v) is 2.70. The maximum Gasteiger partial charge on any atom is 0.227 e. The second kappa shape index (κ2) is 5.96. The highest BCUT2D eigenvalue weighted by Gasteiger charge is 2.10. The topological polar surface area (TPSA) is 55.1 Å². The molecule has 0 aliphatic rings. The summed E-state index contributed by atoms with van der Waals surface area (Å²) in [6.07, 6.45) is 0.0909. The number of hydrogen-bond donors (Lipinski definition) is 2. The molecule has 0 aliphatic heterocycles. The number of amides is 1. The van der Waals surface area contributed by atoms with E-state index in [0.29, 0.717) is 0 Å². The summed E-state index contributed by atoms with van der Waals surface area (Å²) in [5, 5.41) is 2.83. The van der Waals surface area contributed by atoms with Crippen molar-refractivity contribution in [3.05, 3.63) is 34.3 Å². The zero-order valence-corrected chi connectivity index (χ0v) is 11.3. The zero-order valence-electron chi connectivity index (χ0n) is 8.87. The first kappa shape index (κ1) is 13.1. The molecule has 0 heterocycles. The highest BCUT2D eigenvalue weighted by atomic mass is 79.9. The van der Waals surface area contributed by atoms with Crippen molar-refractivity contribution in [2.45, 2.75) is 19.4 Å². The van der Waals surface area contributed by atoms with Gasteiger partial charge in [0, 0.05) is 4.47 Å². The summed E-state index contributed by atoms with van der Waals surface area (Å²) in [5.74, 6) is -0.153. The fraction of sp³-hybridized carbons (Fsp3) is 0.273. The van der Waals surface area contributed by atoms with Crippen LogP contribution in [0, 0.1) is 0 Å². The van der Waals surface area contributed by atoms with Gasteiger partial charge in [-0.25, -0.2) is 0 Å². The summed E-state index contributed by atoms with van der Waals surface area (Å²) >= 11 is 8.06. The Labute approximate surface area is 109 Å². The Morgan fingerprint density at radius 1 is 1.62 bits per heavy atom. The van der Waals surface area contributed by atoms with Crippen LogP contribution in [0.1, 0.15) is 24.9 Å². The second-order valence-corrected chi connectivity index (χ2v) is 4.93. The Morgan fingerprint density at radius 3 is 2.88 bits per heavy atom. The maximum atomic E-state index is 11.4. The Hall–Kier alpha value is -0.940. The SMILES string of the molecule is CC(NC(=O)CC(N)=S)c1cccc(Br)c1. The molecule has 3 N–H and O–H groups in total. The average molecular weight is 301 g/mol. The third-order valence-electron chi connectivity index (χ3n) is 2.06. The fourth-order valence-corrected chi connectivity index (χ4v) is 1.86. The molecule has 1 atom stereocenters. The highest BCUT2D eigenvalue weighted by Crippen LogP contribution is 2.17. The predicted molar refractivity (Wildman–Crippen MR) is 72.1 cm³/mol. The molecule has 3 nitrogen and oxygen atoms in total. The first-order valence-electron chi connectivity index (χ1n) is 4.82. The number of hydrogen-bond acceptors (Lipinski definition) is 2. The van der Waals surface area contributed by atoms with Crippen LogP contribution < -0.4 is 11.1 Å². The lowest BCUT2D eigenvalue weighted by Crippen LogP contribution is -2.29. The molecule has 0 saturated carbocycles. The van der Waals surface area contributed by atoms with Crippen molar-refractivity contribution >= 4 is 39.0 Å². The van der Waals surface area contributed by atoms with Gasteiger partial charge in [-0.2, -0.15) is 0 Å². The summed E-state index contributed by atoms with van der Waals surface area (Å²) in [6.45, 7) is 1.92. The number of nitrogens with one attached hydrogen (secondary N) is 1. The average Bonchev–Trinajstić information content (AvgIpc) is 2.16. The minimum atomic E-state index is -0.153. The van der Waals surface area contributed by atoms with Crippen molar-refractivity contribution in [3.8, 4) is 0 Å². The van der Waals surface area contributed by atoms with E-state index in [1.54, 1.807) is 0 Å². The Kier molecular flexibility index (Phi) is 4.89. The molecular weight excluding hydrogens is 288 g/mol. The fourth-order valence-electron chi connectivity index (χ4n) is 1.31. The van der Waals surface area contributed by atoms with Crippen LogP contribution in [0.3, 0.4) is 0 Å². The summed E-state index contributed by atoms with van der Waals surface area (Å²) < 4.78 is 0.987. The monoisotopic (exact) mass is 300 g/mol. The molecule has 0 saturated heterocycles. The van der Waals surface area contributed by atoms with E-state index >= 15 is 0 Å². The lowest BCUT2D eigenvalue weighted by molar-refractivity contribution is -0.120. The van der Waals surface area contributed by atoms with E-state index in [-0.39, 0.29) is 23.4 Å². The van der Waals surface area contributed by atoms with Crippen molar-refractivity contribution in [1.29, 1.82) is 0 Å². The van der Waals surface area contributed by atoms with E-state index in [1.165, 1.54) is 0 Å². The molecule has 0 fully saturated rings. The van der Waals surface area contributed by atoms with Gasteiger partial charge in [-0.1, -0.05) is 40.3 Å². The normalized spacial score (nSPS) is 11.9. The minimum Gasteiger partial charge on any atom is -0.393 e. The maximum absolute atomic E-state index is 11.4. The van der Waals surface area contributed by atoms with Crippen LogP contribution in [0.4, 0.5) is 0 Å². The van der Waals surface area contributed by atoms with Gasteiger partial charge < -0.3 is 11.1 Å². The summed E-state index contributed by atoms with van der Waals surface area (Å²) in [7, 11) is 0. The molecule has 0 bridgehead atoms. The minimum absolute atomic E-state index is 0.0562. The van der Waals surface area contributed by atoms with Gasteiger partial charge in [0.1, 0.15) is 0 Å². The van der Waals surface area contributed by atoms with E-state index in [1.807, 2.05) is 31.2 Å². The van der Waals surface area contributed by atoms with E-state index in [2.05, 4.69) is 33.5 Å². The lowest BCUT2D eigenvalue weighted by Gasteiger charge is -2.14. The predicted octanol–water partition coefficient (Wildman–Crippen LogP) is 2.30. The molecule has 0 aromatic heterocycles. The van der Waals surface area contributed by atoms with Gasteiger partial charge >= 0.3 is 0 Å². The van der Waals surface area contributed by atoms with Crippen molar-refractivity contribution in [3.63, 3.8) is 0 Å². The highest BCUT2D eigenvalue weighted by molar-refractivity contribution is 9.10. The molecule has 16 heavy (non-hydrogen) atoms. The number of benzene rings is 1. The van der Waals surface area contributed by atoms with Gasteiger partial charge in [0.15, 0.2) is 0 Å². The first-order valence-corrected chi connectivity index (χ1v) is 6.02. The molecule has 1 aromatic rings. The standard InChI is InChI=1S/C11H13BrN2OS/c1-7(14-11(15)6-10(13)16)8-3-2-4-9(12)5-8/h2-5,7H,6H2,1H3,(H2,13,16)(H,14,15). The summed E-state index contributed by atoms with van der Waals surface area (Å²) in [6, 6.07) is 7.73. The Morgan fingerprint density at radius 2 is 2.31 bits per heavy atom. The number of nitrogens with two attached hydrogens (primary N) is 1. The Balaban J connectivity index is 2.62. The molecular formula is C11H13BrN2OS. The van der Waals surface area contributed by atoms with Gasteiger partial charge in [-0.05, 0) is 24.6 Å². The van der Waals surface area contributed by atoms with Crippen LogP contribution in [-0.4, -0.2) is 10.9 Å². The molecule has 0 aliphatic carbocycles. The van der Waals surface area contributed by atoms with E-state index in [4.69, 9.17) is 5.73 Å². The van der Waals surface area contributed by atoms with Crippen LogP contribution in [0.15, 0.2) is 28.7 Å². The van der Waals surface area contributed by atoms with E-state index < -0.39 is 0 Å². The molecule has 1 rings (SSSR count). The van der Waals surface area contributed by atoms with Crippen molar-refractivity contribution in [2.24, 2.45) is 5.73 Å². The van der Waals surface area contributed by atoms with Crippen LogP contribution in [0.5, 0.6) is 0 Å². The van der Waals surface area contributed by atoms with Crippen LogP contribution in [0.25, 0.3) is 0 Å². The quantitative estimate of drug-likeness (QED) is 0.839. The second-order valence-electron chi connectivity index (χ2n) is 3.49. The van der Waals surface area contributed by atoms with E-state index in [9.17, 15) is 4.79 Å². The zero-order chi connectivity index (χ0) is 12.1. The molecule has 5 heteroatoms. The summed E-state index contributed by atoms with van der Waals surface area (Å²) in [5.41, 5.74) is 6.33. The van der Waals surface area contributed by atoms with E-state index in [0.717, 1.165) is 10.0 Å². The van der Waals surface area contributed by atoms with Gasteiger partial charge in [0.2, 0.25) is 5.91 Å². The van der Waals surface area contributed by atoms with Crippen LogP contribution in [-0.2, 0) is 4.79 Å². The number of halogens is 1. The molecule has 1 aromatic carbocycles. The third kappa shape index (κ3) is 4.28. The summed E-state index contributed by atoms with van der Waals surface area (Å²) in [4.78, 5) is 11.6. The number of thiocarbonyl (C=S) groups is 1. The number of rotatable bonds is 4. The molecule has 0 radical (unpaired) electrons. The molecule has 86 valence electrons. The van der Waals surface area contributed by atoms with Gasteiger partial charge in [0.05, 0.1) is 17.5 Å². The van der Waals surface area contributed by atoms with Gasteiger partial charge in [-0.3, -0.25) is 4.79 Å². The molecule has 1 amide bonds. The van der Waals surface area contributed by atoms with Crippen molar-refractivity contribution in [1.82, 2.24) is 5.32 Å². The van der Waals surface area contributed by atoms with Crippen molar-refractivity contribution < 1.29 is 4.79 Å². The van der Waals surface area contributed by atoms with Crippen LogP contribution >= 0.6 is 28.1 Å². The van der Waals surface area contributed by atoms with Gasteiger partial charge in [0.25, 0.3) is 0 Å². The largest absolute Gasteiger partial charge is 0.393 e. The van der Waals surface area contributed by atoms with Crippen molar-refractivity contribution in [2.75, 3.05) is 0 Å². The molecule has 0 spiro atoms. The number of carbonyl (C=O) groups excluding carboxylic acids is 1. The first-order chi connectivity index (χ1) is 7.49. The van der Waals surface area contributed by atoms with Crippen LogP contribution in [0.2, 0.25) is 0 Å². The lowest BCUT2D eigenvalue weighted by atomic mass is 10.1. The number of carbonyl (C=O) groups is 1.